The second-order valence-electron chi connectivity index (χ2n) is 7.66. The molecule has 0 fully saturated rings. The standard InChI is InChI=1S/C23H18Cl2F2N4O3S/c1-12(11-32)29-23-28-10-14-8-13(2-6-18(14)30-23)21-17(26)5-7-19(22(21)27)31-35(33,34)20-9-15(24)3-4-16(20)25/h2-10,12,31-32H,11H2,1H3,(H,28,29,30)/t12-/m1/s1. The van der Waals surface area contributed by atoms with Crippen molar-refractivity contribution in [1.82, 2.24) is 9.97 Å². The second kappa shape index (κ2) is 9.90. The van der Waals surface area contributed by atoms with E-state index in [-0.39, 0.29) is 33.2 Å². The predicted octanol–water partition coefficient (Wildman–Crippen LogP) is 5.48. The quantitative estimate of drug-likeness (QED) is 0.288. The number of nitrogens with zero attached hydrogens (tertiary/aromatic N) is 2. The number of benzene rings is 3. The predicted molar refractivity (Wildman–Crippen MR) is 132 cm³/mol. The Morgan fingerprint density at radius 3 is 2.60 bits per heavy atom. The third kappa shape index (κ3) is 5.30. The van der Waals surface area contributed by atoms with E-state index in [1.807, 2.05) is 0 Å². The topological polar surface area (TPSA) is 104 Å². The third-order valence-electron chi connectivity index (χ3n) is 5.04. The normalized spacial score (nSPS) is 12.5. The molecular weight excluding hydrogens is 521 g/mol. The Kier molecular flexibility index (Phi) is 7.09. The fraction of sp³-hybridized carbons (Fsp3) is 0.130. The summed E-state index contributed by atoms with van der Waals surface area (Å²) in [6.45, 7) is 1.65. The highest BCUT2D eigenvalue weighted by atomic mass is 35.5. The summed E-state index contributed by atoms with van der Waals surface area (Å²) in [6, 6.07) is 10.0. The zero-order chi connectivity index (χ0) is 25.3. The molecule has 0 unspecified atom stereocenters. The van der Waals surface area contributed by atoms with Gasteiger partial charge in [0.1, 0.15) is 10.7 Å². The highest BCUT2D eigenvalue weighted by Crippen LogP contribution is 2.34. The van der Waals surface area contributed by atoms with Crippen molar-refractivity contribution >= 4 is 55.8 Å². The van der Waals surface area contributed by atoms with Gasteiger partial charge in [0.15, 0.2) is 5.82 Å². The van der Waals surface area contributed by atoms with Crippen molar-refractivity contribution < 1.29 is 22.3 Å². The zero-order valence-corrected chi connectivity index (χ0v) is 20.4. The van der Waals surface area contributed by atoms with Gasteiger partial charge in [0.25, 0.3) is 10.0 Å². The van der Waals surface area contributed by atoms with E-state index in [1.165, 1.54) is 30.5 Å². The van der Waals surface area contributed by atoms with Crippen LogP contribution in [0.3, 0.4) is 0 Å². The fourth-order valence-corrected chi connectivity index (χ4v) is 5.13. The van der Waals surface area contributed by atoms with Gasteiger partial charge in [-0.05, 0) is 55.0 Å². The molecule has 0 aliphatic heterocycles. The lowest BCUT2D eigenvalue weighted by Crippen LogP contribution is -2.20. The maximum absolute atomic E-state index is 15.4. The van der Waals surface area contributed by atoms with Gasteiger partial charge in [0.05, 0.1) is 28.4 Å². The molecule has 1 aromatic heterocycles. The average molecular weight is 539 g/mol. The van der Waals surface area contributed by atoms with Crippen LogP contribution < -0.4 is 10.0 Å². The van der Waals surface area contributed by atoms with Gasteiger partial charge < -0.3 is 10.4 Å². The van der Waals surface area contributed by atoms with Gasteiger partial charge in [0.2, 0.25) is 5.95 Å². The number of anilines is 2. The lowest BCUT2D eigenvalue weighted by Gasteiger charge is -2.14. The van der Waals surface area contributed by atoms with Crippen LogP contribution in [0.15, 0.2) is 59.6 Å². The van der Waals surface area contributed by atoms with Crippen molar-refractivity contribution in [3.63, 3.8) is 0 Å². The van der Waals surface area contributed by atoms with Crippen LogP contribution in [0.4, 0.5) is 20.4 Å². The summed E-state index contributed by atoms with van der Waals surface area (Å²) in [5.41, 5.74) is -0.237. The number of hydrogen-bond donors (Lipinski definition) is 3. The highest BCUT2D eigenvalue weighted by molar-refractivity contribution is 7.92. The van der Waals surface area contributed by atoms with Crippen molar-refractivity contribution in [3.05, 3.63) is 76.4 Å². The van der Waals surface area contributed by atoms with Crippen LogP contribution in [0.5, 0.6) is 0 Å². The van der Waals surface area contributed by atoms with Crippen molar-refractivity contribution in [2.24, 2.45) is 0 Å². The van der Waals surface area contributed by atoms with E-state index in [0.717, 1.165) is 18.2 Å². The maximum atomic E-state index is 15.4. The number of fused-ring (bicyclic) bond motifs is 1. The number of rotatable bonds is 7. The van der Waals surface area contributed by atoms with E-state index in [9.17, 15) is 12.8 Å². The van der Waals surface area contributed by atoms with Crippen molar-refractivity contribution in [3.8, 4) is 11.1 Å². The summed E-state index contributed by atoms with van der Waals surface area (Å²) in [7, 11) is -4.33. The molecule has 1 heterocycles. The molecule has 0 saturated carbocycles. The van der Waals surface area contributed by atoms with Gasteiger partial charge >= 0.3 is 0 Å². The zero-order valence-electron chi connectivity index (χ0n) is 18.1. The van der Waals surface area contributed by atoms with E-state index in [0.29, 0.717) is 16.9 Å². The van der Waals surface area contributed by atoms with Crippen LogP contribution in [0.2, 0.25) is 10.0 Å². The molecule has 7 nitrogen and oxygen atoms in total. The summed E-state index contributed by atoms with van der Waals surface area (Å²) in [5, 5.41) is 12.6. The van der Waals surface area contributed by atoms with Crippen LogP contribution in [-0.4, -0.2) is 36.1 Å². The minimum atomic E-state index is -4.33. The van der Waals surface area contributed by atoms with Crippen LogP contribution >= 0.6 is 23.2 Å². The smallest absolute Gasteiger partial charge is 0.263 e. The van der Waals surface area contributed by atoms with E-state index in [1.54, 1.807) is 13.0 Å². The van der Waals surface area contributed by atoms with Gasteiger partial charge in [-0.3, -0.25) is 4.72 Å². The van der Waals surface area contributed by atoms with E-state index in [2.05, 4.69) is 20.0 Å². The first-order valence-electron chi connectivity index (χ1n) is 10.2. The van der Waals surface area contributed by atoms with Crippen LogP contribution in [0, 0.1) is 11.6 Å². The largest absolute Gasteiger partial charge is 0.394 e. The molecule has 4 aromatic rings. The molecule has 0 aliphatic carbocycles. The first-order chi connectivity index (χ1) is 16.6. The first-order valence-corrected chi connectivity index (χ1v) is 12.4. The monoisotopic (exact) mass is 538 g/mol. The van der Waals surface area contributed by atoms with Crippen LogP contribution in [-0.2, 0) is 10.0 Å². The van der Waals surface area contributed by atoms with Gasteiger partial charge in [-0.1, -0.05) is 29.3 Å². The minimum absolute atomic E-state index is 0.109. The molecule has 0 spiro atoms. The van der Waals surface area contributed by atoms with Gasteiger partial charge in [-0.15, -0.1) is 0 Å². The lowest BCUT2D eigenvalue weighted by atomic mass is 10.0. The molecular formula is C23H18Cl2F2N4O3S. The van der Waals surface area contributed by atoms with Crippen molar-refractivity contribution in [2.45, 2.75) is 17.9 Å². The Balaban J connectivity index is 1.72. The summed E-state index contributed by atoms with van der Waals surface area (Å²) >= 11 is 11.9. The molecule has 0 aliphatic rings. The second-order valence-corrected chi connectivity index (χ2v) is 10.2. The molecule has 3 aromatic carbocycles. The summed E-state index contributed by atoms with van der Waals surface area (Å²) < 4.78 is 57.8. The maximum Gasteiger partial charge on any atom is 0.263 e. The minimum Gasteiger partial charge on any atom is -0.394 e. The number of halogens is 4. The van der Waals surface area contributed by atoms with E-state index in [4.69, 9.17) is 28.3 Å². The Hall–Kier alpha value is -3.05. The van der Waals surface area contributed by atoms with Crippen LogP contribution in [0.25, 0.3) is 22.0 Å². The third-order valence-corrected chi connectivity index (χ3v) is 7.12. The fourth-order valence-electron chi connectivity index (χ4n) is 3.30. The van der Waals surface area contributed by atoms with Crippen LogP contribution in [0.1, 0.15) is 6.92 Å². The molecule has 35 heavy (non-hydrogen) atoms. The Bertz CT molecular complexity index is 1540. The summed E-state index contributed by atoms with van der Waals surface area (Å²) in [6.07, 6.45) is 1.47. The molecule has 0 saturated heterocycles. The molecule has 0 bridgehead atoms. The number of sulfonamides is 1. The van der Waals surface area contributed by atoms with Crippen molar-refractivity contribution in [2.75, 3.05) is 16.6 Å². The number of aliphatic hydroxyl groups excluding tert-OH is 1. The molecule has 3 N–H and O–H groups in total. The van der Waals surface area contributed by atoms with Crippen molar-refractivity contribution in [1.29, 1.82) is 0 Å². The SMILES string of the molecule is C[C@H](CO)Nc1ncc2cc(-c3c(F)ccc(NS(=O)(=O)c4cc(Cl)ccc4Cl)c3F)ccc2n1. The molecule has 1 atom stereocenters. The first kappa shape index (κ1) is 25.1. The molecule has 0 radical (unpaired) electrons. The molecule has 4 rings (SSSR count). The highest BCUT2D eigenvalue weighted by Gasteiger charge is 2.23. The Morgan fingerprint density at radius 1 is 1.09 bits per heavy atom. The number of aromatic nitrogens is 2. The molecule has 182 valence electrons. The van der Waals surface area contributed by atoms with Gasteiger partial charge in [-0.2, -0.15) is 0 Å². The average Bonchev–Trinajstić information content (AvgIpc) is 2.82. The number of hydrogen-bond acceptors (Lipinski definition) is 6. The summed E-state index contributed by atoms with van der Waals surface area (Å²) in [5.74, 6) is -1.70. The molecule has 12 heteroatoms. The van der Waals surface area contributed by atoms with E-state index < -0.39 is 32.9 Å². The number of aliphatic hydroxyl groups is 1. The van der Waals surface area contributed by atoms with Gasteiger partial charge in [-0.25, -0.2) is 27.2 Å². The number of nitrogens with one attached hydrogen (secondary N) is 2. The summed E-state index contributed by atoms with van der Waals surface area (Å²) in [4.78, 5) is 8.13. The van der Waals surface area contributed by atoms with Gasteiger partial charge in [0, 0.05) is 22.6 Å². The Labute approximate surface area is 209 Å². The molecule has 0 amide bonds. The van der Waals surface area contributed by atoms with E-state index >= 15 is 4.39 Å². The lowest BCUT2D eigenvalue weighted by molar-refractivity contribution is 0.281. The Morgan fingerprint density at radius 2 is 1.86 bits per heavy atom.